The van der Waals surface area contributed by atoms with Crippen LogP contribution in [0.3, 0.4) is 0 Å². The number of hydrogen-bond donors (Lipinski definition) is 3. The smallest absolute Gasteiger partial charge is 0.472 e. The summed E-state index contributed by atoms with van der Waals surface area (Å²) in [5, 5.41) is 8.89. The number of carboxylic acid groups (broad SMARTS) is 1. The average molecular weight is 822 g/mol. The third-order valence-electron chi connectivity index (χ3n) is 8.84. The van der Waals surface area contributed by atoms with Gasteiger partial charge in [0.05, 0.1) is 25.4 Å². The first-order valence-corrected chi connectivity index (χ1v) is 22.6. The lowest BCUT2D eigenvalue weighted by molar-refractivity contribution is -0.161. The van der Waals surface area contributed by atoms with E-state index < -0.39 is 57.7 Å². The second kappa shape index (κ2) is 34.9. The fourth-order valence-electron chi connectivity index (χ4n) is 5.41. The number of epoxide rings is 1. The van der Waals surface area contributed by atoms with E-state index in [1.807, 2.05) is 6.08 Å². The lowest BCUT2D eigenvalue weighted by Crippen LogP contribution is -2.34. The highest BCUT2D eigenvalue weighted by Crippen LogP contribution is 2.43. The van der Waals surface area contributed by atoms with Gasteiger partial charge in [-0.1, -0.05) is 119 Å². The van der Waals surface area contributed by atoms with E-state index in [-0.39, 0.29) is 25.0 Å². The van der Waals surface area contributed by atoms with Crippen LogP contribution in [0.2, 0.25) is 0 Å². The first-order chi connectivity index (χ1) is 27.6. The molecule has 5 atom stereocenters. The van der Waals surface area contributed by atoms with E-state index in [9.17, 15) is 23.8 Å². The van der Waals surface area contributed by atoms with Crippen molar-refractivity contribution in [2.75, 3.05) is 19.8 Å². The van der Waals surface area contributed by atoms with Gasteiger partial charge in [-0.15, -0.1) is 0 Å². The predicted octanol–water partition coefficient (Wildman–Crippen LogP) is 9.93. The Bertz CT molecular complexity index is 1310. The highest BCUT2D eigenvalue weighted by atomic mass is 31.2. The number of allylic oxidation sites excluding steroid dienone is 10. The molecule has 0 saturated carbocycles. The van der Waals surface area contributed by atoms with Gasteiger partial charge in [0.15, 0.2) is 6.10 Å². The molecule has 0 aromatic carbocycles. The Morgan fingerprint density at radius 1 is 0.649 bits per heavy atom. The molecule has 0 aliphatic carbocycles. The Balaban J connectivity index is 2.36. The third kappa shape index (κ3) is 32.5. The molecule has 0 spiro atoms. The normalized spacial score (nSPS) is 18.0. The molecule has 57 heavy (non-hydrogen) atoms. The highest BCUT2D eigenvalue weighted by Gasteiger charge is 2.36. The minimum atomic E-state index is -4.74. The topological polar surface area (TPSA) is 184 Å². The zero-order valence-corrected chi connectivity index (χ0v) is 35.5. The summed E-state index contributed by atoms with van der Waals surface area (Å²) in [6.07, 6.45) is 42.8. The van der Waals surface area contributed by atoms with Crippen LogP contribution in [0.1, 0.15) is 142 Å². The van der Waals surface area contributed by atoms with Crippen LogP contribution in [0.25, 0.3) is 0 Å². The molecule has 1 rings (SSSR count). The van der Waals surface area contributed by atoms with Crippen LogP contribution in [-0.2, 0) is 42.2 Å². The molecule has 12 nitrogen and oxygen atoms in total. The van der Waals surface area contributed by atoms with Crippen molar-refractivity contribution in [3.8, 4) is 0 Å². The molecule has 324 valence electrons. The summed E-state index contributed by atoms with van der Waals surface area (Å²) >= 11 is 0. The van der Waals surface area contributed by atoms with E-state index in [2.05, 4.69) is 85.2 Å². The molecule has 0 aromatic heterocycles. The Morgan fingerprint density at radius 3 is 1.81 bits per heavy atom. The number of phosphoric ester groups is 1. The van der Waals surface area contributed by atoms with Crippen molar-refractivity contribution < 1.29 is 52.2 Å². The van der Waals surface area contributed by atoms with Crippen LogP contribution in [0.4, 0.5) is 0 Å². The monoisotopic (exact) mass is 821 g/mol. The van der Waals surface area contributed by atoms with Gasteiger partial charge in [-0.3, -0.25) is 23.4 Å². The number of aliphatic carboxylic acids is 1. The average Bonchev–Trinajstić information content (AvgIpc) is 3.94. The lowest BCUT2D eigenvalue weighted by atomic mass is 10.1. The predicted molar refractivity (Wildman–Crippen MR) is 225 cm³/mol. The van der Waals surface area contributed by atoms with E-state index in [4.69, 9.17) is 29.6 Å². The second-order valence-corrected chi connectivity index (χ2v) is 15.6. The third-order valence-corrected chi connectivity index (χ3v) is 9.79. The van der Waals surface area contributed by atoms with Gasteiger partial charge in [0, 0.05) is 12.8 Å². The van der Waals surface area contributed by atoms with Crippen LogP contribution in [0.15, 0.2) is 72.9 Å². The zero-order chi connectivity index (χ0) is 41.8. The summed E-state index contributed by atoms with van der Waals surface area (Å²) in [6, 6.07) is -1.54. The number of carbonyl (C=O) groups excluding carboxylic acids is 2. The maximum absolute atomic E-state index is 12.6. The maximum Gasteiger partial charge on any atom is 0.472 e. The second-order valence-electron chi connectivity index (χ2n) is 14.1. The van der Waals surface area contributed by atoms with Gasteiger partial charge in [0.2, 0.25) is 0 Å². The van der Waals surface area contributed by atoms with Gasteiger partial charge >= 0.3 is 25.7 Å². The number of ether oxygens (including phenoxy) is 3. The molecular weight excluding hydrogens is 749 g/mol. The van der Waals surface area contributed by atoms with Gasteiger partial charge in [-0.25, -0.2) is 4.57 Å². The van der Waals surface area contributed by atoms with Gasteiger partial charge in [-0.05, 0) is 83.5 Å². The van der Waals surface area contributed by atoms with Crippen LogP contribution in [-0.4, -0.2) is 72.1 Å². The number of nitrogens with two attached hydrogens (primary N) is 1. The molecule has 1 saturated heterocycles. The summed E-state index contributed by atoms with van der Waals surface area (Å²) < 4.78 is 38.4. The van der Waals surface area contributed by atoms with Crippen molar-refractivity contribution in [2.45, 2.75) is 167 Å². The SMILES string of the molecule is CC/C=C\C/C=C\C/C=C\CCCCCCCC(=O)O[C@H](COC(=O)CCC/C=C\CC1OC1C/C=C\C/C=C\CCCCC)COP(=O)(O)OC[C@H](N)C(=O)O. The minimum absolute atomic E-state index is 0.122. The molecule has 0 aromatic rings. The summed E-state index contributed by atoms with van der Waals surface area (Å²) in [4.78, 5) is 46.0. The Morgan fingerprint density at radius 2 is 1.16 bits per heavy atom. The summed E-state index contributed by atoms with van der Waals surface area (Å²) in [5.74, 6) is -2.49. The fraction of sp³-hybridized carbons (Fsp3) is 0.659. The first-order valence-electron chi connectivity index (χ1n) is 21.1. The Hall–Kier alpha value is -3.12. The molecule has 1 aliphatic rings. The quantitative estimate of drug-likeness (QED) is 0.0177. The molecule has 3 unspecified atom stereocenters. The van der Waals surface area contributed by atoms with E-state index in [1.54, 1.807) is 0 Å². The number of hydrogen-bond acceptors (Lipinski definition) is 10. The molecule has 4 N–H and O–H groups in total. The largest absolute Gasteiger partial charge is 0.480 e. The van der Waals surface area contributed by atoms with Crippen LogP contribution >= 0.6 is 7.82 Å². The molecule has 13 heteroatoms. The molecule has 0 amide bonds. The number of carbonyl (C=O) groups is 3. The zero-order valence-electron chi connectivity index (χ0n) is 34.6. The standard InChI is InChI=1S/C44H72NO11P/c1-3-5-7-9-11-13-14-15-16-17-18-20-22-24-30-34-43(47)55-38(36-53-57(50,51)54-37-39(45)44(48)49)35-52-42(46)33-29-26-25-28-32-41-40(56-41)31-27-23-21-19-12-10-8-6-4-2/h5,7,11-13,15-16,19,23,25,27-28,38-41H,3-4,6,8-10,14,17-18,20-22,24,26,29-37,45H2,1-2H3,(H,48,49)(H,50,51)/b7-5-,13-11-,16-15-,19-12-,27-23-,28-25-/t38-,39+,40?,41?/m1/s1. The molecular formula is C44H72NO11P. The molecule has 1 aliphatic heterocycles. The molecule has 1 fully saturated rings. The van der Waals surface area contributed by atoms with E-state index in [0.717, 1.165) is 77.0 Å². The number of carboxylic acids is 1. The van der Waals surface area contributed by atoms with Crippen LogP contribution in [0.5, 0.6) is 0 Å². The number of esters is 2. The van der Waals surface area contributed by atoms with E-state index >= 15 is 0 Å². The highest BCUT2D eigenvalue weighted by molar-refractivity contribution is 7.47. The molecule has 1 heterocycles. The molecule has 0 bridgehead atoms. The Kier molecular flexibility index (Phi) is 31.8. The summed E-state index contributed by atoms with van der Waals surface area (Å²) in [5.41, 5.74) is 5.33. The van der Waals surface area contributed by atoms with Gasteiger partial charge in [0.1, 0.15) is 12.6 Å². The summed E-state index contributed by atoms with van der Waals surface area (Å²) in [7, 11) is -4.74. The number of rotatable bonds is 37. The summed E-state index contributed by atoms with van der Waals surface area (Å²) in [6.45, 7) is 2.55. The van der Waals surface area contributed by atoms with E-state index in [0.29, 0.717) is 19.3 Å². The molecule has 0 radical (unpaired) electrons. The van der Waals surface area contributed by atoms with Crippen molar-refractivity contribution in [2.24, 2.45) is 5.73 Å². The number of unbranched alkanes of at least 4 members (excludes halogenated alkanes) is 9. The van der Waals surface area contributed by atoms with Crippen LogP contribution in [0, 0.1) is 0 Å². The minimum Gasteiger partial charge on any atom is -0.480 e. The van der Waals surface area contributed by atoms with Crippen molar-refractivity contribution in [3.05, 3.63) is 72.9 Å². The van der Waals surface area contributed by atoms with Gasteiger partial charge in [0.25, 0.3) is 0 Å². The maximum atomic E-state index is 12.6. The van der Waals surface area contributed by atoms with Crippen LogP contribution < -0.4 is 5.73 Å². The lowest BCUT2D eigenvalue weighted by Gasteiger charge is -2.20. The van der Waals surface area contributed by atoms with Crippen molar-refractivity contribution in [1.29, 1.82) is 0 Å². The van der Waals surface area contributed by atoms with Gasteiger partial charge in [-0.2, -0.15) is 0 Å². The first kappa shape index (κ1) is 51.9. The van der Waals surface area contributed by atoms with E-state index in [1.165, 1.54) is 19.3 Å². The number of phosphoric acid groups is 1. The van der Waals surface area contributed by atoms with Crippen molar-refractivity contribution >= 4 is 25.7 Å². The van der Waals surface area contributed by atoms with Crippen molar-refractivity contribution in [1.82, 2.24) is 0 Å². The Labute approximate surface area is 342 Å². The fourth-order valence-corrected chi connectivity index (χ4v) is 6.18. The van der Waals surface area contributed by atoms with Crippen molar-refractivity contribution in [3.63, 3.8) is 0 Å². The van der Waals surface area contributed by atoms with Gasteiger partial charge < -0.3 is 29.9 Å².